The summed E-state index contributed by atoms with van der Waals surface area (Å²) in [5, 5.41) is 7.45. The molecule has 96 valence electrons. The number of benzene rings is 1. The summed E-state index contributed by atoms with van der Waals surface area (Å²) in [6, 6.07) is 6.91. The van der Waals surface area contributed by atoms with Crippen LogP contribution in [0.4, 0.5) is 4.39 Å². The van der Waals surface area contributed by atoms with Crippen molar-refractivity contribution in [2.45, 2.75) is 19.9 Å². The molecule has 0 spiro atoms. The third-order valence-corrected chi connectivity index (χ3v) is 3.11. The first-order valence-electron chi connectivity index (χ1n) is 6.09. The molecule has 0 fully saturated rings. The van der Waals surface area contributed by atoms with Gasteiger partial charge in [0.2, 0.25) is 0 Å². The van der Waals surface area contributed by atoms with Gasteiger partial charge < -0.3 is 5.32 Å². The van der Waals surface area contributed by atoms with Gasteiger partial charge in [-0.15, -0.1) is 0 Å². The number of rotatable bonds is 5. The predicted octanol–water partition coefficient (Wildman–Crippen LogP) is 2.20. The van der Waals surface area contributed by atoms with E-state index in [9.17, 15) is 4.39 Å². The van der Waals surface area contributed by atoms with Crippen LogP contribution in [0.3, 0.4) is 0 Å². The molecule has 0 aliphatic heterocycles. The molecular weight excluding hydrogens is 229 g/mol. The van der Waals surface area contributed by atoms with Gasteiger partial charge in [0.15, 0.2) is 0 Å². The second-order valence-electron chi connectivity index (χ2n) is 4.44. The summed E-state index contributed by atoms with van der Waals surface area (Å²) in [6.45, 7) is 3.55. The molecule has 18 heavy (non-hydrogen) atoms. The van der Waals surface area contributed by atoms with Crippen molar-refractivity contribution in [3.63, 3.8) is 0 Å². The SMILES string of the molecule is Cc1ccc(F)cc1CNCCc1ccnn1C. The van der Waals surface area contributed by atoms with Crippen LogP contribution in [0.25, 0.3) is 0 Å². The first-order valence-corrected chi connectivity index (χ1v) is 6.09. The Morgan fingerprint density at radius 1 is 1.33 bits per heavy atom. The number of hydrogen-bond acceptors (Lipinski definition) is 2. The molecule has 0 amide bonds. The van der Waals surface area contributed by atoms with Gasteiger partial charge in [-0.05, 0) is 36.2 Å². The van der Waals surface area contributed by atoms with E-state index >= 15 is 0 Å². The minimum atomic E-state index is -0.177. The maximum atomic E-state index is 13.1. The highest BCUT2D eigenvalue weighted by Gasteiger charge is 2.01. The Kier molecular flexibility index (Phi) is 4.10. The van der Waals surface area contributed by atoms with Gasteiger partial charge in [0.25, 0.3) is 0 Å². The minimum absolute atomic E-state index is 0.177. The number of aryl methyl sites for hydroxylation is 2. The van der Waals surface area contributed by atoms with Crippen LogP contribution in [-0.4, -0.2) is 16.3 Å². The number of halogens is 1. The molecule has 2 aromatic rings. The van der Waals surface area contributed by atoms with Crippen LogP contribution in [0.1, 0.15) is 16.8 Å². The topological polar surface area (TPSA) is 29.9 Å². The smallest absolute Gasteiger partial charge is 0.123 e. The van der Waals surface area contributed by atoms with Crippen LogP contribution in [0.2, 0.25) is 0 Å². The molecule has 1 aromatic carbocycles. The Morgan fingerprint density at radius 2 is 2.17 bits per heavy atom. The highest BCUT2D eigenvalue weighted by molar-refractivity contribution is 5.26. The summed E-state index contributed by atoms with van der Waals surface area (Å²) < 4.78 is 15.0. The zero-order valence-electron chi connectivity index (χ0n) is 10.8. The molecule has 0 aliphatic rings. The molecule has 2 rings (SSSR count). The summed E-state index contributed by atoms with van der Waals surface area (Å²) in [7, 11) is 1.94. The Labute approximate surface area is 107 Å². The maximum absolute atomic E-state index is 13.1. The zero-order chi connectivity index (χ0) is 13.0. The lowest BCUT2D eigenvalue weighted by atomic mass is 10.1. The van der Waals surface area contributed by atoms with E-state index in [4.69, 9.17) is 0 Å². The third-order valence-electron chi connectivity index (χ3n) is 3.11. The van der Waals surface area contributed by atoms with Gasteiger partial charge in [0.05, 0.1) is 0 Å². The third kappa shape index (κ3) is 3.17. The highest BCUT2D eigenvalue weighted by Crippen LogP contribution is 2.09. The Hall–Kier alpha value is -1.68. The van der Waals surface area contributed by atoms with Crippen molar-refractivity contribution in [1.29, 1.82) is 0 Å². The van der Waals surface area contributed by atoms with E-state index in [2.05, 4.69) is 10.4 Å². The molecule has 1 aromatic heterocycles. The summed E-state index contributed by atoms with van der Waals surface area (Å²) in [5.74, 6) is -0.177. The average Bonchev–Trinajstić information content (AvgIpc) is 2.75. The van der Waals surface area contributed by atoms with Gasteiger partial charge >= 0.3 is 0 Å². The van der Waals surface area contributed by atoms with E-state index in [-0.39, 0.29) is 5.82 Å². The second-order valence-corrected chi connectivity index (χ2v) is 4.44. The first kappa shape index (κ1) is 12.8. The Morgan fingerprint density at radius 3 is 2.89 bits per heavy atom. The lowest BCUT2D eigenvalue weighted by Gasteiger charge is -2.08. The van der Waals surface area contributed by atoms with Gasteiger partial charge in [-0.25, -0.2) is 4.39 Å². The summed E-state index contributed by atoms with van der Waals surface area (Å²) in [5.41, 5.74) is 3.32. The Bertz CT molecular complexity index is 520. The summed E-state index contributed by atoms with van der Waals surface area (Å²) >= 11 is 0. The largest absolute Gasteiger partial charge is 0.312 e. The average molecular weight is 247 g/mol. The fraction of sp³-hybridized carbons (Fsp3) is 0.357. The fourth-order valence-corrected chi connectivity index (χ4v) is 1.92. The van der Waals surface area contributed by atoms with E-state index < -0.39 is 0 Å². The quantitative estimate of drug-likeness (QED) is 0.821. The molecule has 0 radical (unpaired) electrons. The van der Waals surface area contributed by atoms with Crippen molar-refractivity contribution in [3.05, 3.63) is 53.1 Å². The van der Waals surface area contributed by atoms with Crippen molar-refractivity contribution < 1.29 is 4.39 Å². The molecule has 0 saturated carbocycles. The first-order chi connectivity index (χ1) is 8.66. The van der Waals surface area contributed by atoms with Crippen molar-refractivity contribution in [1.82, 2.24) is 15.1 Å². The van der Waals surface area contributed by atoms with Crippen LogP contribution < -0.4 is 5.32 Å². The monoisotopic (exact) mass is 247 g/mol. The Balaban J connectivity index is 1.82. The van der Waals surface area contributed by atoms with Crippen LogP contribution in [0.5, 0.6) is 0 Å². The summed E-state index contributed by atoms with van der Waals surface area (Å²) in [4.78, 5) is 0. The van der Waals surface area contributed by atoms with Crippen molar-refractivity contribution in [3.8, 4) is 0 Å². The van der Waals surface area contributed by atoms with E-state index in [0.717, 1.165) is 24.1 Å². The molecule has 3 nitrogen and oxygen atoms in total. The zero-order valence-corrected chi connectivity index (χ0v) is 10.8. The van der Waals surface area contributed by atoms with Crippen LogP contribution in [-0.2, 0) is 20.0 Å². The van der Waals surface area contributed by atoms with Crippen molar-refractivity contribution in [2.75, 3.05) is 6.54 Å². The van der Waals surface area contributed by atoms with Crippen molar-refractivity contribution in [2.24, 2.45) is 7.05 Å². The van der Waals surface area contributed by atoms with E-state index in [1.807, 2.05) is 30.8 Å². The maximum Gasteiger partial charge on any atom is 0.123 e. The molecule has 1 heterocycles. The number of hydrogen-bond donors (Lipinski definition) is 1. The molecule has 0 atom stereocenters. The van der Waals surface area contributed by atoms with Gasteiger partial charge in [0, 0.05) is 38.4 Å². The normalized spacial score (nSPS) is 10.8. The van der Waals surface area contributed by atoms with E-state index in [1.165, 1.54) is 11.8 Å². The second kappa shape index (κ2) is 5.78. The number of aromatic nitrogens is 2. The lowest BCUT2D eigenvalue weighted by molar-refractivity contribution is 0.615. The standard InChI is InChI=1S/C14H18FN3/c1-11-3-4-13(15)9-12(11)10-16-7-5-14-6-8-17-18(14)2/h3-4,6,8-9,16H,5,7,10H2,1-2H3. The van der Waals surface area contributed by atoms with Crippen LogP contribution in [0.15, 0.2) is 30.5 Å². The van der Waals surface area contributed by atoms with Gasteiger partial charge in [-0.3, -0.25) is 4.68 Å². The molecular formula is C14H18FN3. The van der Waals surface area contributed by atoms with Crippen molar-refractivity contribution >= 4 is 0 Å². The van der Waals surface area contributed by atoms with Gasteiger partial charge in [-0.2, -0.15) is 5.10 Å². The highest BCUT2D eigenvalue weighted by atomic mass is 19.1. The molecule has 0 aliphatic carbocycles. The molecule has 0 saturated heterocycles. The predicted molar refractivity (Wildman–Crippen MR) is 69.8 cm³/mol. The lowest BCUT2D eigenvalue weighted by Crippen LogP contribution is -2.18. The molecule has 1 N–H and O–H groups in total. The molecule has 0 unspecified atom stereocenters. The van der Waals surface area contributed by atoms with Gasteiger partial charge in [-0.1, -0.05) is 6.07 Å². The molecule has 4 heteroatoms. The van der Waals surface area contributed by atoms with Crippen LogP contribution >= 0.6 is 0 Å². The number of nitrogens with zero attached hydrogens (tertiary/aromatic N) is 2. The minimum Gasteiger partial charge on any atom is -0.312 e. The molecule has 0 bridgehead atoms. The summed E-state index contributed by atoms with van der Waals surface area (Å²) in [6.07, 6.45) is 2.72. The van der Waals surface area contributed by atoms with E-state index in [1.54, 1.807) is 12.3 Å². The van der Waals surface area contributed by atoms with Crippen LogP contribution in [0, 0.1) is 12.7 Å². The van der Waals surface area contributed by atoms with Gasteiger partial charge in [0.1, 0.15) is 5.82 Å². The number of nitrogens with one attached hydrogen (secondary N) is 1. The fourth-order valence-electron chi connectivity index (χ4n) is 1.92. The van der Waals surface area contributed by atoms with E-state index in [0.29, 0.717) is 6.54 Å².